The average molecular weight is 837 g/mol. The van der Waals surface area contributed by atoms with Crippen molar-refractivity contribution in [3.05, 3.63) is 18.5 Å². The van der Waals surface area contributed by atoms with Crippen molar-refractivity contribution < 1.29 is 38.1 Å². The minimum atomic E-state index is -0.839. The second-order valence-corrected chi connectivity index (χ2v) is 18.8. The van der Waals surface area contributed by atoms with E-state index < -0.39 is 46.8 Å². The number of ether oxygens (including phenoxy) is 4. The van der Waals surface area contributed by atoms with Gasteiger partial charge in [0, 0.05) is 18.9 Å². The Kier molecular flexibility index (Phi) is 22.1. The molecule has 59 heavy (non-hydrogen) atoms. The summed E-state index contributed by atoms with van der Waals surface area (Å²) in [5.41, 5.74) is 14.4. The molecule has 4 amide bonds. The van der Waals surface area contributed by atoms with Gasteiger partial charge in [-0.2, -0.15) is 5.10 Å². The number of amides is 4. The van der Waals surface area contributed by atoms with Crippen molar-refractivity contribution >= 4 is 36.3 Å². The van der Waals surface area contributed by atoms with Crippen LogP contribution in [-0.4, -0.2) is 94.7 Å². The topological polar surface area (TPSA) is 262 Å². The van der Waals surface area contributed by atoms with Gasteiger partial charge in [-0.15, -0.1) is 4.99 Å². The number of nitrogens with one attached hydrogen (secondary N) is 3. The highest BCUT2D eigenvalue weighted by molar-refractivity contribution is 6.01. The molecule has 4 unspecified atom stereocenters. The fourth-order valence-corrected chi connectivity index (χ4v) is 6.16. The Morgan fingerprint density at radius 3 is 1.34 bits per heavy atom. The highest BCUT2D eigenvalue weighted by Crippen LogP contribution is 2.30. The van der Waals surface area contributed by atoms with Crippen LogP contribution in [0.4, 0.5) is 19.2 Å². The maximum absolute atomic E-state index is 12.1. The summed E-state index contributed by atoms with van der Waals surface area (Å²) < 4.78 is 21.9. The standard InChI is InChI=1S/C19H36N4O4.C14H22N4O4.C8H18N2/c1-18(2,3)26-16(24)22-15(23-17(25)27-19(4,5)6)21-12-14-10-8-7-9-13(14)11-20;1-13(2,3)21-11(19)16-10(18-9-7-8-15-18)17-12(20)22-14(4,5)6;9-5-7-3-1-2-4-8(7)6-10/h13-14H,7-12,20H2,1-6H3,(H2,21,22,23,24,25);7-9H,1-6H3,(H,16,17,19,20);7-8H,1-6,9-10H2. The molecule has 0 saturated heterocycles. The molecule has 0 aromatic carbocycles. The quantitative estimate of drug-likeness (QED) is 0.107. The van der Waals surface area contributed by atoms with Crippen LogP contribution in [0.3, 0.4) is 0 Å². The molecule has 0 radical (unpaired) electrons. The zero-order chi connectivity index (χ0) is 45.0. The minimum Gasteiger partial charge on any atom is -0.444 e. The number of carbonyl (C=O) groups excluding carboxylic acids is 4. The zero-order valence-corrected chi connectivity index (χ0v) is 37.8. The van der Waals surface area contributed by atoms with Gasteiger partial charge in [0.15, 0.2) is 0 Å². The fourth-order valence-electron chi connectivity index (χ4n) is 6.16. The van der Waals surface area contributed by atoms with Gasteiger partial charge in [-0.1, -0.05) is 25.7 Å². The lowest BCUT2D eigenvalue weighted by molar-refractivity contribution is 0.0530. The lowest BCUT2D eigenvalue weighted by Crippen LogP contribution is -2.47. The van der Waals surface area contributed by atoms with E-state index in [1.807, 2.05) is 0 Å². The summed E-state index contributed by atoms with van der Waals surface area (Å²) in [4.78, 5) is 55.9. The average Bonchev–Trinajstić information content (AvgIpc) is 3.63. The van der Waals surface area contributed by atoms with Crippen LogP contribution in [0.5, 0.6) is 0 Å². The monoisotopic (exact) mass is 837 g/mol. The van der Waals surface area contributed by atoms with Crippen molar-refractivity contribution in [3.8, 4) is 0 Å². The number of aromatic nitrogens is 2. The first-order valence-corrected chi connectivity index (χ1v) is 20.7. The van der Waals surface area contributed by atoms with Gasteiger partial charge < -0.3 is 36.1 Å². The van der Waals surface area contributed by atoms with Crippen LogP contribution in [0, 0.1) is 23.7 Å². The molecule has 9 N–H and O–H groups in total. The molecule has 2 aliphatic carbocycles. The highest BCUT2D eigenvalue weighted by atomic mass is 16.6. The molecular formula is C41H76N10O8. The third-order valence-electron chi connectivity index (χ3n) is 8.69. The van der Waals surface area contributed by atoms with E-state index in [2.05, 4.69) is 31.0 Å². The molecule has 2 saturated carbocycles. The molecule has 1 heterocycles. The van der Waals surface area contributed by atoms with Crippen molar-refractivity contribution in [3.63, 3.8) is 0 Å². The summed E-state index contributed by atoms with van der Waals surface area (Å²) in [5, 5.41) is 11.3. The van der Waals surface area contributed by atoms with Crippen molar-refractivity contribution in [1.82, 2.24) is 25.7 Å². The fraction of sp³-hybridized carbons (Fsp3) is 0.780. The summed E-state index contributed by atoms with van der Waals surface area (Å²) in [6.45, 7) is 23.7. The molecule has 18 heteroatoms. The Morgan fingerprint density at radius 1 is 0.610 bits per heavy atom. The van der Waals surface area contributed by atoms with Gasteiger partial charge in [0.05, 0.1) is 0 Å². The predicted molar refractivity (Wildman–Crippen MR) is 230 cm³/mol. The van der Waals surface area contributed by atoms with E-state index in [1.165, 1.54) is 49.2 Å². The molecule has 0 spiro atoms. The maximum atomic E-state index is 12.1. The molecule has 4 atom stereocenters. The largest absolute Gasteiger partial charge is 0.444 e. The number of nitrogens with two attached hydrogens (primary N) is 3. The van der Waals surface area contributed by atoms with E-state index in [-0.39, 0.29) is 11.9 Å². The summed E-state index contributed by atoms with van der Waals surface area (Å²) in [7, 11) is 0. The Morgan fingerprint density at radius 2 is 0.983 bits per heavy atom. The van der Waals surface area contributed by atoms with Crippen LogP contribution in [0.1, 0.15) is 134 Å². The third-order valence-corrected chi connectivity index (χ3v) is 8.69. The smallest absolute Gasteiger partial charge is 0.437 e. The SMILES string of the molecule is CC(C)(C)OC(=O)N=C(NC(=O)OC(C)(C)C)n1cccn1.CC(C)(C)OC(=O)NC(=NCC1CCCCC1CN)NC(=O)OC(C)(C)C.NCC1CCCCC1CN. The van der Waals surface area contributed by atoms with Crippen LogP contribution >= 0.6 is 0 Å². The van der Waals surface area contributed by atoms with Gasteiger partial charge in [0.25, 0.3) is 0 Å². The van der Waals surface area contributed by atoms with Gasteiger partial charge in [-0.3, -0.25) is 20.9 Å². The normalized spacial score (nSPS) is 19.9. The van der Waals surface area contributed by atoms with E-state index in [0.717, 1.165) is 44.2 Å². The van der Waals surface area contributed by atoms with Crippen LogP contribution in [0.2, 0.25) is 0 Å². The molecule has 0 bridgehead atoms. The molecule has 3 rings (SSSR count). The number of carbonyl (C=O) groups is 4. The summed E-state index contributed by atoms with van der Waals surface area (Å²) in [6.07, 6.45) is 9.84. The van der Waals surface area contributed by atoms with E-state index >= 15 is 0 Å². The van der Waals surface area contributed by atoms with Gasteiger partial charge in [-0.05, 0) is 158 Å². The number of alkyl carbamates (subject to hydrolysis) is 3. The van der Waals surface area contributed by atoms with Gasteiger partial charge in [-0.25, -0.2) is 23.9 Å². The van der Waals surface area contributed by atoms with Crippen LogP contribution in [0.25, 0.3) is 0 Å². The number of aliphatic imine (C=N–C) groups is 2. The second kappa shape index (κ2) is 24.7. The highest BCUT2D eigenvalue weighted by Gasteiger charge is 2.26. The predicted octanol–water partition coefficient (Wildman–Crippen LogP) is 6.41. The summed E-state index contributed by atoms with van der Waals surface area (Å²) >= 11 is 0. The number of hydrogen-bond donors (Lipinski definition) is 6. The van der Waals surface area contributed by atoms with Crippen molar-refractivity contribution in [2.24, 2.45) is 50.9 Å². The van der Waals surface area contributed by atoms with Crippen molar-refractivity contribution in [1.29, 1.82) is 0 Å². The Labute approximate surface area is 351 Å². The Bertz CT molecular complexity index is 1440. The Balaban J connectivity index is 0.000000485. The first kappa shape index (κ1) is 52.7. The molecule has 2 aliphatic rings. The molecule has 1 aromatic heterocycles. The zero-order valence-electron chi connectivity index (χ0n) is 37.8. The molecular weight excluding hydrogens is 761 g/mol. The molecule has 338 valence electrons. The molecule has 18 nitrogen and oxygen atoms in total. The van der Waals surface area contributed by atoms with Crippen LogP contribution in [0.15, 0.2) is 28.4 Å². The number of hydrogen-bond acceptors (Lipinski definition) is 13. The van der Waals surface area contributed by atoms with Gasteiger partial charge in [0.1, 0.15) is 22.4 Å². The molecule has 0 aliphatic heterocycles. The summed E-state index contributed by atoms with van der Waals surface area (Å²) in [5.74, 6) is 2.11. The molecule has 2 fully saturated rings. The van der Waals surface area contributed by atoms with Gasteiger partial charge in [0.2, 0.25) is 11.9 Å². The van der Waals surface area contributed by atoms with E-state index in [1.54, 1.807) is 89.2 Å². The first-order chi connectivity index (χ1) is 27.2. The van der Waals surface area contributed by atoms with Crippen LogP contribution < -0.4 is 33.2 Å². The van der Waals surface area contributed by atoms with Crippen molar-refractivity contribution in [2.45, 2.75) is 157 Å². The number of guanidine groups is 1. The van der Waals surface area contributed by atoms with E-state index in [0.29, 0.717) is 24.9 Å². The first-order valence-electron chi connectivity index (χ1n) is 20.7. The lowest BCUT2D eigenvalue weighted by Gasteiger charge is -2.29. The van der Waals surface area contributed by atoms with Crippen LogP contribution in [-0.2, 0) is 18.9 Å². The minimum absolute atomic E-state index is 0.0276. The Hall–Kier alpha value is -4.29. The van der Waals surface area contributed by atoms with E-state index in [9.17, 15) is 19.2 Å². The maximum Gasteiger partial charge on any atom is 0.437 e. The second-order valence-electron chi connectivity index (χ2n) is 18.8. The molecule has 1 aromatic rings. The van der Waals surface area contributed by atoms with E-state index in [4.69, 9.17) is 36.1 Å². The third kappa shape index (κ3) is 25.1. The number of rotatable bonds is 5. The number of nitrogens with zero attached hydrogens (tertiary/aromatic N) is 4. The van der Waals surface area contributed by atoms with Crippen molar-refractivity contribution in [2.75, 3.05) is 26.2 Å². The van der Waals surface area contributed by atoms with Gasteiger partial charge >= 0.3 is 24.4 Å². The lowest BCUT2D eigenvalue weighted by atomic mass is 9.79. The summed E-state index contributed by atoms with van der Waals surface area (Å²) in [6, 6.07) is 1.63.